The lowest BCUT2D eigenvalue weighted by Crippen LogP contribution is -1.95. The highest BCUT2D eigenvalue weighted by atomic mass is 79.9. The predicted octanol–water partition coefficient (Wildman–Crippen LogP) is 4.91. The molecular formula is C15H10BrClN4S. The van der Waals surface area contributed by atoms with E-state index in [4.69, 9.17) is 23.8 Å². The molecule has 0 saturated heterocycles. The van der Waals surface area contributed by atoms with Crippen LogP contribution in [0.3, 0.4) is 0 Å². The van der Waals surface area contributed by atoms with Gasteiger partial charge in [0.2, 0.25) is 4.77 Å². The number of H-pyrrole nitrogens is 1. The first-order chi connectivity index (χ1) is 10.6. The molecule has 0 fully saturated rings. The fourth-order valence-corrected chi connectivity index (χ4v) is 2.55. The van der Waals surface area contributed by atoms with Gasteiger partial charge in [-0.2, -0.15) is 14.9 Å². The third-order valence-electron chi connectivity index (χ3n) is 2.96. The van der Waals surface area contributed by atoms with Crippen LogP contribution in [0.25, 0.3) is 11.4 Å². The Morgan fingerprint density at radius 2 is 1.91 bits per heavy atom. The van der Waals surface area contributed by atoms with E-state index in [1.165, 1.54) is 0 Å². The van der Waals surface area contributed by atoms with E-state index in [0.29, 0.717) is 15.6 Å². The molecule has 3 rings (SSSR count). The van der Waals surface area contributed by atoms with Crippen LogP contribution in [0.5, 0.6) is 0 Å². The van der Waals surface area contributed by atoms with Crippen LogP contribution in [0.15, 0.2) is 58.1 Å². The topological polar surface area (TPSA) is 46.0 Å². The average Bonchev–Trinajstić information content (AvgIpc) is 2.88. The molecular weight excluding hydrogens is 384 g/mol. The standard InChI is InChI=1S/C15H10BrClN4S/c16-11-7-5-10(6-8-11)9-18-21-14(19-20-15(21)22)12-3-1-2-4-13(12)17/h1-9H,(H,20,22). The molecule has 4 nitrogen and oxygen atoms in total. The number of hydrogen-bond acceptors (Lipinski definition) is 3. The molecule has 0 atom stereocenters. The average molecular weight is 394 g/mol. The third kappa shape index (κ3) is 3.19. The second-order valence-corrected chi connectivity index (χ2v) is 6.15. The van der Waals surface area contributed by atoms with Crippen molar-refractivity contribution in [3.8, 4) is 11.4 Å². The van der Waals surface area contributed by atoms with Crippen molar-refractivity contribution in [2.24, 2.45) is 5.10 Å². The highest BCUT2D eigenvalue weighted by Gasteiger charge is 2.10. The fraction of sp³-hybridized carbons (Fsp3) is 0. The molecule has 7 heteroatoms. The Balaban J connectivity index is 2.02. The summed E-state index contributed by atoms with van der Waals surface area (Å²) in [6.45, 7) is 0. The van der Waals surface area contributed by atoms with Crippen molar-refractivity contribution in [3.63, 3.8) is 0 Å². The van der Waals surface area contributed by atoms with Gasteiger partial charge in [-0.15, -0.1) is 0 Å². The van der Waals surface area contributed by atoms with Crippen molar-refractivity contribution in [1.82, 2.24) is 14.9 Å². The molecule has 3 aromatic rings. The lowest BCUT2D eigenvalue weighted by molar-refractivity contribution is 0.871. The molecule has 1 N–H and O–H groups in total. The van der Waals surface area contributed by atoms with E-state index >= 15 is 0 Å². The number of benzene rings is 2. The number of rotatable bonds is 3. The number of nitrogens with zero attached hydrogens (tertiary/aromatic N) is 3. The number of halogens is 2. The summed E-state index contributed by atoms with van der Waals surface area (Å²) in [5.41, 5.74) is 1.72. The van der Waals surface area contributed by atoms with Crippen LogP contribution in [0.4, 0.5) is 0 Å². The van der Waals surface area contributed by atoms with Gasteiger partial charge in [0.15, 0.2) is 5.82 Å². The lowest BCUT2D eigenvalue weighted by Gasteiger charge is -2.03. The van der Waals surface area contributed by atoms with Crippen LogP contribution in [0, 0.1) is 4.77 Å². The van der Waals surface area contributed by atoms with E-state index in [-0.39, 0.29) is 0 Å². The number of aromatic amines is 1. The Kier molecular flexibility index (Phi) is 4.52. The molecule has 0 radical (unpaired) electrons. The van der Waals surface area contributed by atoms with Crippen LogP contribution in [-0.4, -0.2) is 21.1 Å². The van der Waals surface area contributed by atoms with E-state index < -0.39 is 0 Å². The molecule has 1 heterocycles. The van der Waals surface area contributed by atoms with Crippen molar-refractivity contribution in [2.75, 3.05) is 0 Å². The van der Waals surface area contributed by atoms with Gasteiger partial charge in [-0.3, -0.25) is 0 Å². The van der Waals surface area contributed by atoms with Crippen LogP contribution in [0.1, 0.15) is 5.56 Å². The summed E-state index contributed by atoms with van der Waals surface area (Å²) in [4.78, 5) is 0. The lowest BCUT2D eigenvalue weighted by atomic mass is 10.2. The maximum absolute atomic E-state index is 6.22. The minimum atomic E-state index is 0.406. The zero-order valence-corrected chi connectivity index (χ0v) is 14.4. The summed E-state index contributed by atoms with van der Waals surface area (Å²) in [6, 6.07) is 15.2. The van der Waals surface area contributed by atoms with Gasteiger partial charge in [-0.1, -0.05) is 51.8 Å². The van der Waals surface area contributed by atoms with E-state index in [1.54, 1.807) is 17.0 Å². The number of aromatic nitrogens is 3. The fourth-order valence-electron chi connectivity index (χ4n) is 1.89. The quantitative estimate of drug-likeness (QED) is 0.508. The third-order valence-corrected chi connectivity index (χ3v) is 4.08. The minimum absolute atomic E-state index is 0.406. The number of nitrogens with one attached hydrogen (secondary N) is 1. The molecule has 0 unspecified atom stereocenters. The summed E-state index contributed by atoms with van der Waals surface area (Å²) in [5.74, 6) is 0.573. The molecule has 0 aliphatic heterocycles. The molecule has 0 aliphatic rings. The van der Waals surface area contributed by atoms with Crippen molar-refractivity contribution in [3.05, 3.63) is 68.4 Å². The van der Waals surface area contributed by atoms with Crippen LogP contribution >= 0.6 is 39.7 Å². The Morgan fingerprint density at radius 1 is 1.18 bits per heavy atom. The zero-order valence-electron chi connectivity index (χ0n) is 11.2. The molecule has 0 amide bonds. The molecule has 0 aliphatic carbocycles. The van der Waals surface area contributed by atoms with Crippen LogP contribution in [0.2, 0.25) is 5.02 Å². The zero-order chi connectivity index (χ0) is 15.5. The first-order valence-corrected chi connectivity index (χ1v) is 7.95. The normalized spacial score (nSPS) is 11.2. The Hall–Kier alpha value is -1.76. The Morgan fingerprint density at radius 3 is 2.64 bits per heavy atom. The van der Waals surface area contributed by atoms with Gasteiger partial charge in [0.1, 0.15) is 0 Å². The van der Waals surface area contributed by atoms with Crippen molar-refractivity contribution < 1.29 is 0 Å². The molecule has 110 valence electrons. The Labute approximate surface area is 145 Å². The summed E-state index contributed by atoms with van der Waals surface area (Å²) in [6.07, 6.45) is 1.72. The van der Waals surface area contributed by atoms with E-state index in [0.717, 1.165) is 15.6 Å². The highest BCUT2D eigenvalue weighted by Crippen LogP contribution is 2.25. The smallest absolute Gasteiger partial charge is 0.216 e. The maximum Gasteiger partial charge on any atom is 0.216 e. The van der Waals surface area contributed by atoms with Crippen molar-refractivity contribution in [1.29, 1.82) is 0 Å². The molecule has 0 spiro atoms. The molecule has 0 bridgehead atoms. The SMILES string of the molecule is S=c1[nH]nc(-c2ccccc2Cl)n1N=Cc1ccc(Br)cc1. The van der Waals surface area contributed by atoms with Crippen molar-refractivity contribution >= 4 is 46.0 Å². The molecule has 0 saturated carbocycles. The predicted molar refractivity (Wildman–Crippen MR) is 95.0 cm³/mol. The van der Waals surface area contributed by atoms with Crippen LogP contribution < -0.4 is 0 Å². The van der Waals surface area contributed by atoms with Gasteiger partial charge in [-0.25, -0.2) is 5.10 Å². The maximum atomic E-state index is 6.22. The summed E-state index contributed by atoms with van der Waals surface area (Å²) in [7, 11) is 0. The largest absolute Gasteiger partial charge is 0.250 e. The minimum Gasteiger partial charge on any atom is -0.250 e. The molecule has 22 heavy (non-hydrogen) atoms. The summed E-state index contributed by atoms with van der Waals surface area (Å²) >= 11 is 14.9. The van der Waals surface area contributed by atoms with Crippen LogP contribution in [-0.2, 0) is 0 Å². The molecule has 1 aromatic heterocycles. The monoisotopic (exact) mass is 392 g/mol. The van der Waals surface area contributed by atoms with E-state index in [9.17, 15) is 0 Å². The summed E-state index contributed by atoms with van der Waals surface area (Å²) < 4.78 is 2.98. The first-order valence-electron chi connectivity index (χ1n) is 6.37. The van der Waals surface area contributed by atoms with Gasteiger partial charge < -0.3 is 0 Å². The van der Waals surface area contributed by atoms with Gasteiger partial charge in [0, 0.05) is 10.0 Å². The van der Waals surface area contributed by atoms with Gasteiger partial charge in [0.25, 0.3) is 0 Å². The van der Waals surface area contributed by atoms with Gasteiger partial charge in [-0.05, 0) is 42.0 Å². The van der Waals surface area contributed by atoms with E-state index in [2.05, 4.69) is 31.2 Å². The molecule has 2 aromatic carbocycles. The van der Waals surface area contributed by atoms with Gasteiger partial charge >= 0.3 is 0 Å². The first kappa shape index (κ1) is 15.1. The summed E-state index contributed by atoms with van der Waals surface area (Å²) in [5, 5.41) is 12.0. The highest BCUT2D eigenvalue weighted by molar-refractivity contribution is 9.10. The second kappa shape index (κ2) is 6.56. The van der Waals surface area contributed by atoms with Crippen molar-refractivity contribution in [2.45, 2.75) is 0 Å². The number of hydrogen-bond donors (Lipinski definition) is 1. The van der Waals surface area contributed by atoms with E-state index in [1.807, 2.05) is 42.5 Å². The Bertz CT molecular complexity index is 883. The second-order valence-electron chi connectivity index (χ2n) is 4.44. The van der Waals surface area contributed by atoms with Gasteiger partial charge in [0.05, 0.1) is 11.2 Å².